The van der Waals surface area contributed by atoms with Gasteiger partial charge in [-0.15, -0.1) is 0 Å². The van der Waals surface area contributed by atoms with E-state index in [-0.39, 0.29) is 0 Å². The molecule has 0 aromatic heterocycles. The zero-order valence-corrected chi connectivity index (χ0v) is 14.0. The van der Waals surface area contributed by atoms with Gasteiger partial charge in [0.15, 0.2) is 0 Å². The van der Waals surface area contributed by atoms with Crippen LogP contribution in [-0.2, 0) is 0 Å². The van der Waals surface area contributed by atoms with Crippen molar-refractivity contribution in [3.63, 3.8) is 0 Å². The zero-order chi connectivity index (χ0) is 14.4. The number of thioether (sulfide) groups is 1. The van der Waals surface area contributed by atoms with E-state index in [1.807, 2.05) is 11.8 Å². The van der Waals surface area contributed by atoms with Crippen LogP contribution in [0, 0.1) is 5.92 Å². The first-order chi connectivity index (χ1) is 9.70. The second kappa shape index (κ2) is 8.09. The van der Waals surface area contributed by atoms with Gasteiger partial charge in [-0.25, -0.2) is 0 Å². The normalized spacial score (nSPS) is 24.8. The second-order valence-electron chi connectivity index (χ2n) is 6.39. The molecule has 1 aromatic rings. The maximum absolute atomic E-state index is 3.85. The Hall–Kier alpha value is -0.470. The van der Waals surface area contributed by atoms with Crippen molar-refractivity contribution in [3.8, 4) is 0 Å². The molecule has 0 aliphatic heterocycles. The van der Waals surface area contributed by atoms with Crippen LogP contribution in [0.25, 0.3) is 0 Å². The molecule has 1 fully saturated rings. The molecule has 2 heteroatoms. The van der Waals surface area contributed by atoms with E-state index < -0.39 is 0 Å². The van der Waals surface area contributed by atoms with Gasteiger partial charge in [0.05, 0.1) is 0 Å². The quantitative estimate of drug-likeness (QED) is 0.816. The number of nitrogens with one attached hydrogen (secondary N) is 1. The van der Waals surface area contributed by atoms with Gasteiger partial charge in [0.1, 0.15) is 0 Å². The maximum Gasteiger partial charge on any atom is 0.00778 e. The van der Waals surface area contributed by atoms with Gasteiger partial charge in [-0.3, -0.25) is 0 Å². The lowest BCUT2D eigenvalue weighted by atomic mass is 9.87. The fraction of sp³-hybridized carbons (Fsp3) is 0.667. The highest BCUT2D eigenvalue weighted by molar-refractivity contribution is 7.99. The van der Waals surface area contributed by atoms with Crippen molar-refractivity contribution < 1.29 is 0 Å². The molecular weight excluding hydrogens is 262 g/mol. The average Bonchev–Trinajstić information content (AvgIpc) is 2.48. The molecule has 1 N–H and O–H groups in total. The van der Waals surface area contributed by atoms with Crippen molar-refractivity contribution in [1.82, 2.24) is 5.32 Å². The largest absolute Gasteiger partial charge is 0.313 e. The summed E-state index contributed by atoms with van der Waals surface area (Å²) >= 11 is 2.05. The van der Waals surface area contributed by atoms with Crippen LogP contribution in [-0.4, -0.2) is 24.1 Å². The van der Waals surface area contributed by atoms with E-state index >= 15 is 0 Å². The molecule has 2 rings (SSSR count). The molecule has 0 radical (unpaired) electrons. The van der Waals surface area contributed by atoms with E-state index in [0.717, 1.165) is 17.8 Å². The van der Waals surface area contributed by atoms with Gasteiger partial charge in [0.25, 0.3) is 0 Å². The van der Waals surface area contributed by atoms with Crippen LogP contribution in [0.2, 0.25) is 0 Å². The Kier molecular flexibility index (Phi) is 6.44. The van der Waals surface area contributed by atoms with E-state index in [1.54, 1.807) is 0 Å². The molecule has 1 saturated carbocycles. The molecule has 3 unspecified atom stereocenters. The summed E-state index contributed by atoms with van der Waals surface area (Å²) in [6, 6.07) is 11.7. The molecule has 1 nitrogen and oxygen atoms in total. The van der Waals surface area contributed by atoms with Crippen LogP contribution in [0.3, 0.4) is 0 Å². The Labute approximate surface area is 128 Å². The van der Waals surface area contributed by atoms with Crippen molar-refractivity contribution in [3.05, 3.63) is 35.9 Å². The summed E-state index contributed by atoms with van der Waals surface area (Å²) in [6.45, 7) is 5.79. The van der Waals surface area contributed by atoms with E-state index in [9.17, 15) is 0 Å². The smallest absolute Gasteiger partial charge is 0.00778 e. The Morgan fingerprint density at radius 3 is 2.60 bits per heavy atom. The first-order valence-corrected chi connectivity index (χ1v) is 9.30. The molecule has 112 valence electrons. The van der Waals surface area contributed by atoms with Crippen molar-refractivity contribution in [1.29, 1.82) is 0 Å². The minimum Gasteiger partial charge on any atom is -0.313 e. The number of hydrogen-bond donors (Lipinski definition) is 1. The first kappa shape index (κ1) is 15.9. The molecule has 0 amide bonds. The summed E-state index contributed by atoms with van der Waals surface area (Å²) in [5.74, 6) is 1.32. The van der Waals surface area contributed by atoms with E-state index in [0.29, 0.717) is 11.8 Å². The number of hydrogen-bond acceptors (Lipinski definition) is 2. The Bertz CT molecular complexity index is 376. The van der Waals surface area contributed by atoms with Crippen molar-refractivity contribution in [2.75, 3.05) is 12.8 Å². The summed E-state index contributed by atoms with van der Waals surface area (Å²) in [5.41, 5.74) is 1.48. The molecule has 1 aliphatic carbocycles. The van der Waals surface area contributed by atoms with Crippen LogP contribution in [0.1, 0.15) is 51.0 Å². The molecular formula is C18H29NS. The SMILES string of the molecule is CSC1CCCC(NCC(c2ccccc2)C(C)C)C1. The molecule has 0 saturated heterocycles. The van der Waals surface area contributed by atoms with Crippen LogP contribution in [0.15, 0.2) is 30.3 Å². The second-order valence-corrected chi connectivity index (χ2v) is 7.53. The van der Waals surface area contributed by atoms with Crippen molar-refractivity contribution in [2.24, 2.45) is 5.92 Å². The van der Waals surface area contributed by atoms with Gasteiger partial charge < -0.3 is 5.32 Å². The lowest BCUT2D eigenvalue weighted by molar-refractivity contribution is 0.353. The van der Waals surface area contributed by atoms with Gasteiger partial charge >= 0.3 is 0 Å². The maximum atomic E-state index is 3.85. The van der Waals surface area contributed by atoms with Crippen molar-refractivity contribution in [2.45, 2.75) is 56.7 Å². The summed E-state index contributed by atoms with van der Waals surface area (Å²) in [4.78, 5) is 0. The first-order valence-electron chi connectivity index (χ1n) is 8.01. The standard InChI is InChI=1S/C18H29NS/c1-14(2)18(15-8-5-4-6-9-15)13-19-16-10-7-11-17(12-16)20-3/h4-6,8-9,14,16-19H,7,10-13H2,1-3H3. The van der Waals surface area contributed by atoms with Crippen molar-refractivity contribution >= 4 is 11.8 Å². The van der Waals surface area contributed by atoms with Gasteiger partial charge in [-0.2, -0.15) is 11.8 Å². The van der Waals surface area contributed by atoms with E-state index in [1.165, 1.54) is 31.2 Å². The molecule has 1 aliphatic rings. The molecule has 3 atom stereocenters. The Balaban J connectivity index is 1.89. The summed E-state index contributed by atoms with van der Waals surface area (Å²) in [6.07, 6.45) is 7.76. The Morgan fingerprint density at radius 2 is 1.95 bits per heavy atom. The monoisotopic (exact) mass is 291 g/mol. The van der Waals surface area contributed by atoms with Gasteiger partial charge in [-0.05, 0) is 42.9 Å². The molecule has 0 spiro atoms. The fourth-order valence-electron chi connectivity index (χ4n) is 3.28. The predicted molar refractivity (Wildman–Crippen MR) is 91.6 cm³/mol. The average molecular weight is 292 g/mol. The van der Waals surface area contributed by atoms with Crippen LogP contribution >= 0.6 is 11.8 Å². The minimum absolute atomic E-state index is 0.630. The summed E-state index contributed by atoms with van der Waals surface area (Å²) in [5, 5.41) is 4.72. The highest BCUT2D eigenvalue weighted by atomic mass is 32.2. The van der Waals surface area contributed by atoms with Gasteiger partial charge in [-0.1, -0.05) is 50.6 Å². The molecule has 1 aromatic carbocycles. The molecule has 0 heterocycles. The Morgan fingerprint density at radius 1 is 1.20 bits per heavy atom. The third-order valence-corrected chi connectivity index (χ3v) is 5.71. The highest BCUT2D eigenvalue weighted by Crippen LogP contribution is 2.28. The molecule has 0 bridgehead atoms. The number of rotatable bonds is 6. The highest BCUT2D eigenvalue weighted by Gasteiger charge is 2.23. The predicted octanol–water partition coefficient (Wildman–Crippen LogP) is 4.69. The summed E-state index contributed by atoms with van der Waals surface area (Å²) < 4.78 is 0. The lowest BCUT2D eigenvalue weighted by Crippen LogP contribution is -2.38. The van der Waals surface area contributed by atoms with Gasteiger partial charge in [0.2, 0.25) is 0 Å². The zero-order valence-electron chi connectivity index (χ0n) is 13.1. The third kappa shape index (κ3) is 4.53. The lowest BCUT2D eigenvalue weighted by Gasteiger charge is -2.31. The third-order valence-electron chi connectivity index (χ3n) is 4.62. The number of benzene rings is 1. The van der Waals surface area contributed by atoms with Crippen LogP contribution in [0.4, 0.5) is 0 Å². The van der Waals surface area contributed by atoms with E-state index in [2.05, 4.69) is 55.8 Å². The van der Waals surface area contributed by atoms with Crippen LogP contribution < -0.4 is 5.32 Å². The fourth-order valence-corrected chi connectivity index (χ4v) is 4.10. The molecule has 20 heavy (non-hydrogen) atoms. The summed E-state index contributed by atoms with van der Waals surface area (Å²) in [7, 11) is 0. The minimum atomic E-state index is 0.630. The topological polar surface area (TPSA) is 12.0 Å². The van der Waals surface area contributed by atoms with Gasteiger partial charge in [0, 0.05) is 17.8 Å². The van der Waals surface area contributed by atoms with Crippen LogP contribution in [0.5, 0.6) is 0 Å². The van der Waals surface area contributed by atoms with E-state index in [4.69, 9.17) is 0 Å².